The molecule has 19 heavy (non-hydrogen) atoms. The van der Waals surface area contributed by atoms with Crippen LogP contribution in [-0.4, -0.2) is 25.2 Å². The SMILES string of the molecule is O=S(=O)(CC(Br)C(F)(F)F)c1ccc2c(c1)CCC2. The van der Waals surface area contributed by atoms with Gasteiger partial charge in [-0.2, -0.15) is 13.2 Å². The van der Waals surface area contributed by atoms with E-state index in [1.54, 1.807) is 6.07 Å². The first-order chi connectivity index (χ1) is 8.70. The zero-order valence-electron chi connectivity index (χ0n) is 9.87. The van der Waals surface area contributed by atoms with Crippen molar-refractivity contribution in [1.29, 1.82) is 0 Å². The minimum atomic E-state index is -4.57. The number of benzene rings is 1. The van der Waals surface area contributed by atoms with Crippen LogP contribution >= 0.6 is 15.9 Å². The van der Waals surface area contributed by atoms with Gasteiger partial charge in [0.15, 0.2) is 9.84 Å². The van der Waals surface area contributed by atoms with Gasteiger partial charge in [-0.3, -0.25) is 0 Å². The van der Waals surface area contributed by atoms with Gasteiger partial charge in [-0.25, -0.2) is 8.42 Å². The first-order valence-corrected chi connectivity index (χ1v) is 8.32. The molecule has 1 unspecified atom stereocenters. The van der Waals surface area contributed by atoms with Crippen LogP contribution in [0.5, 0.6) is 0 Å². The molecule has 0 N–H and O–H groups in total. The highest BCUT2D eigenvalue weighted by Gasteiger charge is 2.41. The summed E-state index contributed by atoms with van der Waals surface area (Å²) in [6.45, 7) is 0. The van der Waals surface area contributed by atoms with Crippen LogP contribution in [0.3, 0.4) is 0 Å². The number of alkyl halides is 4. The van der Waals surface area contributed by atoms with E-state index >= 15 is 0 Å². The standard InChI is InChI=1S/C12H12BrF3O2S/c13-11(12(14,15)16)7-19(17,18)10-5-4-8-2-1-3-9(8)6-10/h4-6,11H,1-3,7H2. The molecule has 0 heterocycles. The molecule has 0 radical (unpaired) electrons. The molecule has 1 aliphatic rings. The number of hydrogen-bond acceptors (Lipinski definition) is 2. The average molecular weight is 357 g/mol. The molecule has 106 valence electrons. The smallest absolute Gasteiger partial charge is 0.224 e. The highest BCUT2D eigenvalue weighted by molar-refractivity contribution is 9.09. The summed E-state index contributed by atoms with van der Waals surface area (Å²) >= 11 is 2.39. The van der Waals surface area contributed by atoms with Crippen LogP contribution in [0.25, 0.3) is 0 Å². The number of sulfone groups is 1. The van der Waals surface area contributed by atoms with Gasteiger partial charge in [-0.1, -0.05) is 22.0 Å². The summed E-state index contributed by atoms with van der Waals surface area (Å²) < 4.78 is 61.1. The minimum absolute atomic E-state index is 0.0261. The van der Waals surface area contributed by atoms with Crippen LogP contribution in [0.2, 0.25) is 0 Å². The van der Waals surface area contributed by atoms with E-state index in [-0.39, 0.29) is 4.90 Å². The summed E-state index contributed by atoms with van der Waals surface area (Å²) in [7, 11) is -3.93. The van der Waals surface area contributed by atoms with Crippen LogP contribution in [0.1, 0.15) is 17.5 Å². The van der Waals surface area contributed by atoms with Gasteiger partial charge in [0.05, 0.1) is 10.6 Å². The molecule has 1 aliphatic carbocycles. The summed E-state index contributed by atoms with van der Waals surface area (Å²) in [4.78, 5) is -2.07. The largest absolute Gasteiger partial charge is 0.402 e. The van der Waals surface area contributed by atoms with E-state index in [9.17, 15) is 21.6 Å². The van der Waals surface area contributed by atoms with Gasteiger partial charge in [0.25, 0.3) is 0 Å². The molecular weight excluding hydrogens is 345 g/mol. The Morgan fingerprint density at radius 3 is 2.47 bits per heavy atom. The monoisotopic (exact) mass is 356 g/mol. The third kappa shape index (κ3) is 3.31. The molecule has 0 aromatic heterocycles. The zero-order chi connectivity index (χ0) is 14.3. The normalized spacial score (nSPS) is 17.3. The zero-order valence-corrected chi connectivity index (χ0v) is 12.3. The Bertz CT molecular complexity index is 581. The van der Waals surface area contributed by atoms with Crippen LogP contribution in [-0.2, 0) is 22.7 Å². The third-order valence-corrected chi connectivity index (χ3v) is 6.17. The van der Waals surface area contributed by atoms with Gasteiger partial charge in [-0.15, -0.1) is 0 Å². The Kier molecular flexibility index (Phi) is 3.97. The van der Waals surface area contributed by atoms with Crippen LogP contribution in [0.4, 0.5) is 13.2 Å². The lowest BCUT2D eigenvalue weighted by atomic mass is 10.1. The van der Waals surface area contributed by atoms with Crippen LogP contribution < -0.4 is 0 Å². The predicted octanol–water partition coefficient (Wildman–Crippen LogP) is 3.27. The molecule has 1 aromatic rings. The molecule has 1 aromatic carbocycles. The fourth-order valence-electron chi connectivity index (χ4n) is 2.13. The van der Waals surface area contributed by atoms with Gasteiger partial charge in [0, 0.05) is 0 Å². The summed E-state index contributed by atoms with van der Waals surface area (Å²) in [5.41, 5.74) is 2.02. The van der Waals surface area contributed by atoms with Gasteiger partial charge in [0.1, 0.15) is 4.83 Å². The van der Waals surface area contributed by atoms with Crippen molar-refractivity contribution in [2.75, 3.05) is 5.75 Å². The lowest BCUT2D eigenvalue weighted by Gasteiger charge is -2.14. The highest BCUT2D eigenvalue weighted by Crippen LogP contribution is 2.30. The minimum Gasteiger partial charge on any atom is -0.224 e. The van der Waals surface area contributed by atoms with Crippen molar-refractivity contribution in [3.63, 3.8) is 0 Å². The molecule has 0 fully saturated rings. The van der Waals surface area contributed by atoms with Gasteiger partial charge < -0.3 is 0 Å². The second kappa shape index (κ2) is 5.09. The second-order valence-electron chi connectivity index (χ2n) is 4.57. The Morgan fingerprint density at radius 1 is 1.21 bits per heavy atom. The maximum atomic E-state index is 12.4. The number of aryl methyl sites for hydroxylation is 2. The van der Waals surface area contributed by atoms with E-state index in [4.69, 9.17) is 0 Å². The molecular formula is C12H12BrF3O2S. The van der Waals surface area contributed by atoms with E-state index in [2.05, 4.69) is 15.9 Å². The summed E-state index contributed by atoms with van der Waals surface area (Å²) in [6.07, 6.45) is -1.92. The van der Waals surface area contributed by atoms with Gasteiger partial charge in [0.2, 0.25) is 0 Å². The molecule has 7 heteroatoms. The highest BCUT2D eigenvalue weighted by atomic mass is 79.9. The quantitative estimate of drug-likeness (QED) is 0.779. The van der Waals surface area contributed by atoms with Crippen molar-refractivity contribution in [2.45, 2.75) is 35.2 Å². The van der Waals surface area contributed by atoms with E-state index < -0.39 is 26.6 Å². The topological polar surface area (TPSA) is 34.1 Å². The van der Waals surface area contributed by atoms with Crippen molar-refractivity contribution in [3.8, 4) is 0 Å². The lowest BCUT2D eigenvalue weighted by Crippen LogP contribution is -2.30. The molecule has 0 amide bonds. The number of halogens is 4. The Morgan fingerprint density at radius 2 is 1.84 bits per heavy atom. The van der Waals surface area contributed by atoms with E-state index in [1.165, 1.54) is 12.1 Å². The van der Waals surface area contributed by atoms with Crippen LogP contribution in [0.15, 0.2) is 23.1 Å². The van der Waals surface area contributed by atoms with Crippen molar-refractivity contribution in [3.05, 3.63) is 29.3 Å². The van der Waals surface area contributed by atoms with Crippen molar-refractivity contribution in [2.24, 2.45) is 0 Å². The molecule has 0 spiro atoms. The van der Waals surface area contributed by atoms with E-state index in [1.807, 2.05) is 0 Å². The Labute approximate surface area is 118 Å². The maximum Gasteiger partial charge on any atom is 0.402 e. The average Bonchev–Trinajstić information content (AvgIpc) is 2.73. The van der Waals surface area contributed by atoms with E-state index in [0.717, 1.165) is 30.4 Å². The molecule has 0 bridgehead atoms. The molecule has 1 atom stereocenters. The first kappa shape index (κ1) is 14.8. The Hall–Kier alpha value is -0.560. The van der Waals surface area contributed by atoms with Crippen LogP contribution in [0, 0.1) is 0 Å². The van der Waals surface area contributed by atoms with Gasteiger partial charge in [-0.05, 0) is 42.5 Å². The van der Waals surface area contributed by atoms with Crippen molar-refractivity contribution < 1.29 is 21.6 Å². The number of fused-ring (bicyclic) bond motifs is 1. The molecule has 0 aliphatic heterocycles. The third-order valence-electron chi connectivity index (χ3n) is 3.15. The molecule has 2 rings (SSSR count). The fraction of sp³-hybridized carbons (Fsp3) is 0.500. The maximum absolute atomic E-state index is 12.4. The lowest BCUT2D eigenvalue weighted by molar-refractivity contribution is -0.123. The fourth-order valence-corrected chi connectivity index (χ4v) is 4.53. The molecule has 2 nitrogen and oxygen atoms in total. The van der Waals surface area contributed by atoms with Crippen molar-refractivity contribution >= 4 is 25.8 Å². The van der Waals surface area contributed by atoms with Gasteiger partial charge >= 0.3 is 6.18 Å². The summed E-state index contributed by atoms with van der Waals surface area (Å²) in [5.74, 6) is -0.977. The van der Waals surface area contributed by atoms with E-state index in [0.29, 0.717) is 0 Å². The molecule has 0 saturated carbocycles. The summed E-state index contributed by atoms with van der Waals surface area (Å²) in [5, 5.41) is 0. The predicted molar refractivity (Wildman–Crippen MR) is 69.3 cm³/mol. The Balaban J connectivity index is 2.25. The second-order valence-corrected chi connectivity index (χ2v) is 7.71. The molecule has 0 saturated heterocycles. The number of hydrogen-bond donors (Lipinski definition) is 0. The first-order valence-electron chi connectivity index (χ1n) is 5.75. The van der Waals surface area contributed by atoms with Crippen molar-refractivity contribution in [1.82, 2.24) is 0 Å². The summed E-state index contributed by atoms with van der Waals surface area (Å²) in [6, 6.07) is 4.61. The number of rotatable bonds is 3.